The Balaban J connectivity index is 2.14. The van der Waals surface area contributed by atoms with Crippen molar-refractivity contribution in [2.45, 2.75) is 27.7 Å². The van der Waals surface area contributed by atoms with Gasteiger partial charge < -0.3 is 15.0 Å². The van der Waals surface area contributed by atoms with E-state index in [1.165, 1.54) is 11.8 Å². The molecule has 0 aliphatic carbocycles. The van der Waals surface area contributed by atoms with Gasteiger partial charge in [0.1, 0.15) is 6.54 Å². The number of benzene rings is 2. The average Bonchev–Trinajstić information content (AvgIpc) is 2.63. The molecule has 0 saturated heterocycles. The molecule has 2 amide bonds. The van der Waals surface area contributed by atoms with Crippen LogP contribution in [0, 0.1) is 13.8 Å². The maximum Gasteiger partial charge on any atom is 0.338 e. The number of hydrogen-bond donors (Lipinski definition) is 1. The normalized spacial score (nSPS) is 10.2. The minimum Gasteiger partial charge on any atom is -0.462 e. The van der Waals surface area contributed by atoms with Crippen molar-refractivity contribution in [1.29, 1.82) is 0 Å². The molecule has 27 heavy (non-hydrogen) atoms. The number of ether oxygens (including phenoxy) is 1. The lowest BCUT2D eigenvalue weighted by Crippen LogP contribution is -2.36. The quantitative estimate of drug-likeness (QED) is 0.792. The standard InChI is InChI=1S/C21H24N2O4/c1-5-27-21(26)17-9-11-18(12-10-17)23(16(4)24)13-19(25)22-20-14(2)7-6-8-15(20)3/h6-12H,5,13H2,1-4H3,(H,22,25). The molecule has 142 valence electrons. The van der Waals surface area contributed by atoms with Crippen LogP contribution in [0.4, 0.5) is 11.4 Å². The lowest BCUT2D eigenvalue weighted by Gasteiger charge is -2.21. The molecular formula is C21H24N2O4. The Kier molecular flexibility index (Phi) is 6.71. The van der Waals surface area contributed by atoms with E-state index in [2.05, 4.69) is 5.32 Å². The van der Waals surface area contributed by atoms with Crippen LogP contribution in [-0.4, -0.2) is 30.9 Å². The van der Waals surface area contributed by atoms with Gasteiger partial charge in [-0.05, 0) is 56.2 Å². The molecule has 2 rings (SSSR count). The van der Waals surface area contributed by atoms with E-state index in [-0.39, 0.29) is 18.4 Å². The number of hydrogen-bond acceptors (Lipinski definition) is 4. The van der Waals surface area contributed by atoms with Crippen molar-refractivity contribution in [3.05, 3.63) is 59.2 Å². The summed E-state index contributed by atoms with van der Waals surface area (Å²) in [5.74, 6) is -0.987. The summed E-state index contributed by atoms with van der Waals surface area (Å²) in [6.07, 6.45) is 0. The Labute approximate surface area is 159 Å². The molecule has 0 atom stereocenters. The van der Waals surface area contributed by atoms with Crippen LogP contribution in [0.3, 0.4) is 0 Å². The van der Waals surface area contributed by atoms with E-state index in [1.54, 1.807) is 31.2 Å². The number of para-hydroxylation sites is 1. The molecule has 0 radical (unpaired) electrons. The summed E-state index contributed by atoms with van der Waals surface area (Å²) in [6, 6.07) is 12.2. The first kappa shape index (κ1) is 20.2. The van der Waals surface area contributed by atoms with Gasteiger partial charge in [-0.25, -0.2) is 4.79 Å². The number of esters is 1. The largest absolute Gasteiger partial charge is 0.462 e. The third-order valence-corrected chi connectivity index (χ3v) is 4.12. The van der Waals surface area contributed by atoms with Crippen LogP contribution >= 0.6 is 0 Å². The summed E-state index contributed by atoms with van der Waals surface area (Å²) in [4.78, 5) is 37.6. The van der Waals surface area contributed by atoms with Crippen LogP contribution < -0.4 is 10.2 Å². The minimum absolute atomic E-state index is 0.123. The summed E-state index contributed by atoms with van der Waals surface area (Å²) >= 11 is 0. The number of amides is 2. The molecule has 2 aromatic carbocycles. The second-order valence-corrected chi connectivity index (χ2v) is 6.19. The second-order valence-electron chi connectivity index (χ2n) is 6.19. The first-order valence-electron chi connectivity index (χ1n) is 8.74. The number of carbonyl (C=O) groups excluding carboxylic acids is 3. The lowest BCUT2D eigenvalue weighted by atomic mass is 10.1. The van der Waals surface area contributed by atoms with Crippen molar-refractivity contribution in [2.24, 2.45) is 0 Å². The zero-order valence-corrected chi connectivity index (χ0v) is 16.0. The molecule has 0 spiro atoms. The topological polar surface area (TPSA) is 75.7 Å². The van der Waals surface area contributed by atoms with Crippen LogP contribution in [0.2, 0.25) is 0 Å². The van der Waals surface area contributed by atoms with Crippen molar-refractivity contribution in [3.8, 4) is 0 Å². The molecule has 0 aromatic heterocycles. The van der Waals surface area contributed by atoms with E-state index in [0.29, 0.717) is 17.9 Å². The van der Waals surface area contributed by atoms with Crippen LogP contribution in [-0.2, 0) is 14.3 Å². The first-order chi connectivity index (χ1) is 12.8. The molecule has 0 unspecified atom stereocenters. The summed E-state index contributed by atoms with van der Waals surface area (Å²) in [7, 11) is 0. The smallest absolute Gasteiger partial charge is 0.338 e. The summed E-state index contributed by atoms with van der Waals surface area (Å²) in [5.41, 5.74) is 3.59. The van der Waals surface area contributed by atoms with Gasteiger partial charge in [0.15, 0.2) is 0 Å². The number of carbonyl (C=O) groups is 3. The Morgan fingerprint density at radius 1 is 1.00 bits per heavy atom. The van der Waals surface area contributed by atoms with Gasteiger partial charge in [-0.2, -0.15) is 0 Å². The third kappa shape index (κ3) is 5.17. The minimum atomic E-state index is -0.425. The number of nitrogens with one attached hydrogen (secondary N) is 1. The lowest BCUT2D eigenvalue weighted by molar-refractivity contribution is -0.120. The van der Waals surface area contributed by atoms with Crippen molar-refractivity contribution >= 4 is 29.2 Å². The SMILES string of the molecule is CCOC(=O)c1ccc(N(CC(=O)Nc2c(C)cccc2C)C(C)=O)cc1. The molecule has 0 bridgehead atoms. The molecule has 1 N–H and O–H groups in total. The van der Waals surface area contributed by atoms with E-state index >= 15 is 0 Å². The number of nitrogens with zero attached hydrogens (tertiary/aromatic N) is 1. The van der Waals surface area contributed by atoms with Gasteiger partial charge in [0.05, 0.1) is 12.2 Å². The summed E-state index contributed by atoms with van der Waals surface area (Å²) in [6.45, 7) is 7.13. The fraction of sp³-hybridized carbons (Fsp3) is 0.286. The number of aryl methyl sites for hydroxylation is 2. The van der Waals surface area contributed by atoms with Crippen LogP contribution in [0.15, 0.2) is 42.5 Å². The maximum absolute atomic E-state index is 12.5. The molecule has 6 heteroatoms. The van der Waals surface area contributed by atoms with Gasteiger partial charge in [0, 0.05) is 18.3 Å². The highest BCUT2D eigenvalue weighted by Gasteiger charge is 2.17. The summed E-state index contributed by atoms with van der Waals surface area (Å²) in [5, 5.41) is 2.87. The molecule has 0 heterocycles. The number of anilines is 2. The second kappa shape index (κ2) is 8.98. The zero-order valence-electron chi connectivity index (χ0n) is 16.0. The van der Waals surface area contributed by atoms with E-state index in [4.69, 9.17) is 4.74 Å². The highest BCUT2D eigenvalue weighted by Crippen LogP contribution is 2.20. The Hall–Kier alpha value is -3.15. The summed E-state index contributed by atoms with van der Waals surface area (Å²) < 4.78 is 4.95. The molecule has 0 aliphatic rings. The van der Waals surface area contributed by atoms with Crippen molar-refractivity contribution in [3.63, 3.8) is 0 Å². The molecule has 0 saturated carbocycles. The average molecular weight is 368 g/mol. The van der Waals surface area contributed by atoms with E-state index in [0.717, 1.165) is 16.8 Å². The van der Waals surface area contributed by atoms with Gasteiger partial charge in [0.25, 0.3) is 0 Å². The van der Waals surface area contributed by atoms with Crippen molar-refractivity contribution < 1.29 is 19.1 Å². The Morgan fingerprint density at radius 3 is 2.11 bits per heavy atom. The number of rotatable bonds is 6. The Bertz CT molecular complexity index is 824. The predicted octanol–water partition coefficient (Wildman–Crippen LogP) is 3.47. The van der Waals surface area contributed by atoms with Crippen LogP contribution in [0.25, 0.3) is 0 Å². The van der Waals surface area contributed by atoms with Crippen LogP contribution in [0.5, 0.6) is 0 Å². The van der Waals surface area contributed by atoms with Crippen molar-refractivity contribution in [2.75, 3.05) is 23.4 Å². The Morgan fingerprint density at radius 2 is 1.59 bits per heavy atom. The van der Waals surface area contributed by atoms with Gasteiger partial charge >= 0.3 is 5.97 Å². The first-order valence-corrected chi connectivity index (χ1v) is 8.74. The zero-order chi connectivity index (χ0) is 20.0. The van der Waals surface area contributed by atoms with Gasteiger partial charge in [-0.3, -0.25) is 9.59 Å². The highest BCUT2D eigenvalue weighted by molar-refractivity contribution is 6.02. The highest BCUT2D eigenvalue weighted by atomic mass is 16.5. The predicted molar refractivity (Wildman–Crippen MR) is 105 cm³/mol. The maximum atomic E-state index is 12.5. The van der Waals surface area contributed by atoms with E-state index in [1.807, 2.05) is 32.0 Å². The molecular weight excluding hydrogens is 344 g/mol. The van der Waals surface area contributed by atoms with Crippen LogP contribution in [0.1, 0.15) is 35.3 Å². The van der Waals surface area contributed by atoms with E-state index < -0.39 is 5.97 Å². The van der Waals surface area contributed by atoms with Gasteiger partial charge in [-0.1, -0.05) is 18.2 Å². The third-order valence-electron chi connectivity index (χ3n) is 4.12. The monoisotopic (exact) mass is 368 g/mol. The fourth-order valence-corrected chi connectivity index (χ4v) is 2.71. The molecule has 0 aliphatic heterocycles. The van der Waals surface area contributed by atoms with Crippen molar-refractivity contribution in [1.82, 2.24) is 0 Å². The fourth-order valence-electron chi connectivity index (χ4n) is 2.71. The molecule has 2 aromatic rings. The molecule has 6 nitrogen and oxygen atoms in total. The van der Waals surface area contributed by atoms with Gasteiger partial charge in [0.2, 0.25) is 11.8 Å². The molecule has 0 fully saturated rings. The van der Waals surface area contributed by atoms with Gasteiger partial charge in [-0.15, -0.1) is 0 Å². The van der Waals surface area contributed by atoms with E-state index in [9.17, 15) is 14.4 Å².